The van der Waals surface area contributed by atoms with Crippen LogP contribution >= 0.6 is 0 Å². The third kappa shape index (κ3) is 1.14. The molecular weight excluding hydrogens is 200 g/mol. The van der Waals surface area contributed by atoms with Gasteiger partial charge >= 0.3 is 0 Å². The van der Waals surface area contributed by atoms with Crippen LogP contribution in [0.2, 0.25) is 0 Å². The highest BCUT2D eigenvalue weighted by molar-refractivity contribution is 6.05. The standard InChI is InChI=1S/C13H8N2O/c14-7-8-1-4-12-11(5-8)10-3-2-9(15)6-13(10)16-12/h1-6H,15H2. The van der Waals surface area contributed by atoms with Crippen molar-refractivity contribution in [3.63, 3.8) is 0 Å². The average molecular weight is 208 g/mol. The Kier molecular flexibility index (Phi) is 1.66. The van der Waals surface area contributed by atoms with Gasteiger partial charge in [0, 0.05) is 22.5 Å². The van der Waals surface area contributed by atoms with Crippen molar-refractivity contribution in [3.05, 3.63) is 42.0 Å². The van der Waals surface area contributed by atoms with E-state index in [1.165, 1.54) is 0 Å². The van der Waals surface area contributed by atoms with Gasteiger partial charge < -0.3 is 10.2 Å². The summed E-state index contributed by atoms with van der Waals surface area (Å²) in [5.41, 5.74) is 8.53. The molecule has 0 unspecified atom stereocenters. The van der Waals surface area contributed by atoms with Crippen molar-refractivity contribution >= 4 is 27.6 Å². The van der Waals surface area contributed by atoms with Crippen LogP contribution < -0.4 is 5.73 Å². The first kappa shape index (κ1) is 8.81. The summed E-state index contributed by atoms with van der Waals surface area (Å²) in [7, 11) is 0. The highest BCUT2D eigenvalue weighted by Crippen LogP contribution is 2.30. The van der Waals surface area contributed by atoms with Crippen LogP contribution in [-0.4, -0.2) is 0 Å². The molecular formula is C13H8N2O. The maximum Gasteiger partial charge on any atom is 0.137 e. The number of nitrogens with two attached hydrogens (primary N) is 1. The second-order valence-electron chi connectivity index (χ2n) is 3.68. The fourth-order valence-corrected chi connectivity index (χ4v) is 1.86. The largest absolute Gasteiger partial charge is 0.456 e. The Labute approximate surface area is 91.7 Å². The van der Waals surface area contributed by atoms with Crippen molar-refractivity contribution in [2.75, 3.05) is 5.73 Å². The summed E-state index contributed by atoms with van der Waals surface area (Å²) in [5.74, 6) is 0. The minimum atomic E-state index is 0.632. The lowest BCUT2D eigenvalue weighted by Gasteiger charge is -1.91. The number of fused-ring (bicyclic) bond motifs is 3. The molecule has 2 N–H and O–H groups in total. The van der Waals surface area contributed by atoms with E-state index in [-0.39, 0.29) is 0 Å². The molecule has 0 amide bonds. The fourth-order valence-electron chi connectivity index (χ4n) is 1.86. The summed E-state index contributed by atoms with van der Waals surface area (Å²) < 4.78 is 5.64. The SMILES string of the molecule is N#Cc1ccc2oc3cc(N)ccc3c2c1. The molecule has 0 spiro atoms. The van der Waals surface area contributed by atoms with Gasteiger partial charge in [-0.15, -0.1) is 0 Å². The average Bonchev–Trinajstić information content (AvgIpc) is 2.65. The molecule has 0 atom stereocenters. The van der Waals surface area contributed by atoms with E-state index < -0.39 is 0 Å². The lowest BCUT2D eigenvalue weighted by molar-refractivity contribution is 0.669. The molecule has 1 heterocycles. The molecule has 16 heavy (non-hydrogen) atoms. The van der Waals surface area contributed by atoms with E-state index in [2.05, 4.69) is 6.07 Å². The van der Waals surface area contributed by atoms with E-state index in [1.54, 1.807) is 12.1 Å². The minimum absolute atomic E-state index is 0.632. The number of nitrogens with zero attached hydrogens (tertiary/aromatic N) is 1. The summed E-state index contributed by atoms with van der Waals surface area (Å²) >= 11 is 0. The zero-order valence-electron chi connectivity index (χ0n) is 8.40. The van der Waals surface area contributed by atoms with Gasteiger partial charge in [-0.1, -0.05) is 0 Å². The molecule has 2 aromatic carbocycles. The molecule has 0 aliphatic rings. The molecule has 0 radical (unpaired) electrons. The number of rotatable bonds is 0. The molecule has 1 aromatic heterocycles. The second-order valence-corrected chi connectivity index (χ2v) is 3.68. The molecule has 3 aromatic rings. The molecule has 0 aliphatic carbocycles. The highest BCUT2D eigenvalue weighted by atomic mass is 16.3. The molecule has 0 saturated carbocycles. The lowest BCUT2D eigenvalue weighted by Crippen LogP contribution is -1.81. The van der Waals surface area contributed by atoms with Crippen molar-refractivity contribution in [1.29, 1.82) is 5.26 Å². The Morgan fingerprint density at radius 2 is 1.88 bits per heavy atom. The smallest absolute Gasteiger partial charge is 0.137 e. The van der Waals surface area contributed by atoms with Gasteiger partial charge in [0.1, 0.15) is 11.2 Å². The van der Waals surface area contributed by atoms with Gasteiger partial charge in [0.2, 0.25) is 0 Å². The monoisotopic (exact) mass is 208 g/mol. The van der Waals surface area contributed by atoms with Crippen LogP contribution in [-0.2, 0) is 0 Å². The van der Waals surface area contributed by atoms with Gasteiger partial charge in [-0.3, -0.25) is 0 Å². The van der Waals surface area contributed by atoms with Crippen molar-refractivity contribution < 1.29 is 4.42 Å². The lowest BCUT2D eigenvalue weighted by atomic mass is 10.1. The summed E-state index contributed by atoms with van der Waals surface area (Å²) in [6.07, 6.45) is 0. The molecule has 3 nitrogen and oxygen atoms in total. The van der Waals surface area contributed by atoms with Crippen LogP contribution in [0.1, 0.15) is 5.56 Å². The number of nitriles is 1. The maximum absolute atomic E-state index is 8.85. The number of anilines is 1. The van der Waals surface area contributed by atoms with Gasteiger partial charge in [-0.25, -0.2) is 0 Å². The number of hydrogen-bond donors (Lipinski definition) is 1. The Hall–Kier alpha value is -2.47. The minimum Gasteiger partial charge on any atom is -0.456 e. The normalized spacial score (nSPS) is 10.7. The van der Waals surface area contributed by atoms with Gasteiger partial charge in [0.25, 0.3) is 0 Å². The van der Waals surface area contributed by atoms with Crippen LogP contribution in [0.5, 0.6) is 0 Å². The topological polar surface area (TPSA) is 63.0 Å². The molecule has 0 fully saturated rings. The van der Waals surface area contributed by atoms with E-state index in [1.807, 2.05) is 24.3 Å². The maximum atomic E-state index is 8.85. The van der Waals surface area contributed by atoms with Gasteiger partial charge in [0.15, 0.2) is 0 Å². The first-order valence-electron chi connectivity index (χ1n) is 4.90. The second kappa shape index (κ2) is 3.01. The van der Waals surface area contributed by atoms with E-state index in [9.17, 15) is 0 Å². The van der Waals surface area contributed by atoms with Gasteiger partial charge in [-0.2, -0.15) is 5.26 Å². The van der Waals surface area contributed by atoms with Crippen LogP contribution in [0.15, 0.2) is 40.8 Å². The molecule has 3 rings (SSSR count). The van der Waals surface area contributed by atoms with Crippen molar-refractivity contribution in [2.24, 2.45) is 0 Å². The van der Waals surface area contributed by atoms with Crippen LogP contribution in [0.3, 0.4) is 0 Å². The third-order valence-corrected chi connectivity index (χ3v) is 2.62. The molecule has 0 aliphatic heterocycles. The Balaban J connectivity index is 2.48. The Bertz CT molecular complexity index is 735. The summed E-state index contributed by atoms with van der Waals surface area (Å²) in [5, 5.41) is 10.8. The van der Waals surface area contributed by atoms with Crippen LogP contribution in [0, 0.1) is 11.3 Å². The van der Waals surface area contributed by atoms with Crippen molar-refractivity contribution in [1.82, 2.24) is 0 Å². The molecule has 0 bridgehead atoms. The van der Waals surface area contributed by atoms with E-state index in [4.69, 9.17) is 15.4 Å². The Morgan fingerprint density at radius 1 is 1.00 bits per heavy atom. The third-order valence-electron chi connectivity index (χ3n) is 2.62. The molecule has 3 heteroatoms. The number of hydrogen-bond acceptors (Lipinski definition) is 3. The van der Waals surface area contributed by atoms with E-state index in [0.717, 1.165) is 21.9 Å². The van der Waals surface area contributed by atoms with Crippen molar-refractivity contribution in [3.8, 4) is 6.07 Å². The van der Waals surface area contributed by atoms with Crippen LogP contribution in [0.4, 0.5) is 5.69 Å². The first-order valence-corrected chi connectivity index (χ1v) is 4.90. The quantitative estimate of drug-likeness (QED) is 0.577. The van der Waals surface area contributed by atoms with Gasteiger partial charge in [-0.05, 0) is 30.3 Å². The predicted octanol–water partition coefficient (Wildman–Crippen LogP) is 3.04. The number of furan rings is 1. The van der Waals surface area contributed by atoms with Crippen LogP contribution in [0.25, 0.3) is 21.9 Å². The number of nitrogen functional groups attached to an aromatic ring is 1. The Morgan fingerprint density at radius 3 is 2.69 bits per heavy atom. The highest BCUT2D eigenvalue weighted by Gasteiger charge is 2.07. The molecule has 0 saturated heterocycles. The first-order chi connectivity index (χ1) is 7.78. The summed E-state index contributed by atoms with van der Waals surface area (Å²) in [4.78, 5) is 0. The van der Waals surface area contributed by atoms with E-state index in [0.29, 0.717) is 11.3 Å². The van der Waals surface area contributed by atoms with Gasteiger partial charge in [0.05, 0.1) is 11.6 Å². The predicted molar refractivity (Wildman–Crippen MR) is 62.8 cm³/mol. The summed E-state index contributed by atoms with van der Waals surface area (Å²) in [6.45, 7) is 0. The summed E-state index contributed by atoms with van der Waals surface area (Å²) in [6, 6.07) is 13.0. The van der Waals surface area contributed by atoms with Crippen molar-refractivity contribution in [2.45, 2.75) is 0 Å². The molecule has 76 valence electrons. The fraction of sp³-hybridized carbons (Fsp3) is 0. The number of benzene rings is 2. The van der Waals surface area contributed by atoms with E-state index >= 15 is 0 Å². The zero-order valence-corrected chi connectivity index (χ0v) is 8.40. The zero-order chi connectivity index (χ0) is 11.1.